The van der Waals surface area contributed by atoms with Gasteiger partial charge in [-0.05, 0) is 48.6 Å². The second kappa shape index (κ2) is 8.29. The molecule has 0 aliphatic heterocycles. The zero-order valence-corrected chi connectivity index (χ0v) is 19.1. The molecule has 154 valence electrons. The van der Waals surface area contributed by atoms with Crippen LogP contribution in [0.15, 0.2) is 47.3 Å². The molecule has 0 amide bonds. The number of hydrogen-bond acceptors (Lipinski definition) is 6. The van der Waals surface area contributed by atoms with Crippen molar-refractivity contribution >= 4 is 49.8 Å². The summed E-state index contributed by atoms with van der Waals surface area (Å²) < 4.78 is 28.1. The number of ether oxygens (including phenoxy) is 2. The van der Waals surface area contributed by atoms with Crippen LogP contribution in [-0.2, 0) is 5.33 Å². The summed E-state index contributed by atoms with van der Waals surface area (Å²) in [7, 11) is 3.08. The Morgan fingerprint density at radius 2 is 1.87 bits per heavy atom. The van der Waals surface area contributed by atoms with Crippen molar-refractivity contribution in [3.05, 3.63) is 68.4 Å². The van der Waals surface area contributed by atoms with Gasteiger partial charge in [-0.25, -0.2) is 9.37 Å². The standard InChI is InChI=1S/C20H15BrFN3O3S2/c1-27-13-7-8-15(28-2)14(9-13)25-16(10-21)23-18-17(19(25)26)30-20(29)24(18)12-5-3-11(22)4-6-12/h3-9H,10H2,1-2H3. The molecule has 4 rings (SSSR count). The Hall–Kier alpha value is -2.56. The minimum atomic E-state index is -0.355. The van der Waals surface area contributed by atoms with E-state index >= 15 is 0 Å². The molecule has 0 radical (unpaired) electrons. The van der Waals surface area contributed by atoms with Crippen molar-refractivity contribution in [1.82, 2.24) is 14.1 Å². The maximum atomic E-state index is 13.5. The number of benzene rings is 2. The van der Waals surface area contributed by atoms with Crippen LogP contribution in [0.4, 0.5) is 4.39 Å². The van der Waals surface area contributed by atoms with E-state index in [0.29, 0.717) is 48.3 Å². The van der Waals surface area contributed by atoms with Crippen LogP contribution in [0.2, 0.25) is 0 Å². The highest BCUT2D eigenvalue weighted by atomic mass is 79.9. The quantitative estimate of drug-likeness (QED) is 0.280. The van der Waals surface area contributed by atoms with Gasteiger partial charge in [-0.1, -0.05) is 27.3 Å². The number of hydrogen-bond donors (Lipinski definition) is 0. The Morgan fingerprint density at radius 3 is 2.50 bits per heavy atom. The van der Waals surface area contributed by atoms with Crippen molar-refractivity contribution in [3.8, 4) is 22.9 Å². The molecule has 2 heterocycles. The van der Waals surface area contributed by atoms with Crippen molar-refractivity contribution in [3.63, 3.8) is 0 Å². The first-order valence-electron chi connectivity index (χ1n) is 8.70. The minimum Gasteiger partial charge on any atom is -0.497 e. The maximum absolute atomic E-state index is 13.5. The number of halogens is 2. The third-order valence-electron chi connectivity index (χ3n) is 4.51. The molecule has 0 saturated heterocycles. The lowest BCUT2D eigenvalue weighted by Gasteiger charge is -2.15. The Labute approximate surface area is 188 Å². The summed E-state index contributed by atoms with van der Waals surface area (Å²) in [5, 5.41) is 0.310. The van der Waals surface area contributed by atoms with Crippen molar-refractivity contribution in [2.24, 2.45) is 0 Å². The predicted molar refractivity (Wildman–Crippen MR) is 121 cm³/mol. The largest absolute Gasteiger partial charge is 0.497 e. The van der Waals surface area contributed by atoms with Gasteiger partial charge in [0.05, 0.1) is 25.2 Å². The van der Waals surface area contributed by atoms with Crippen LogP contribution < -0.4 is 15.0 Å². The number of thiazole rings is 1. The number of alkyl halides is 1. The van der Waals surface area contributed by atoms with Crippen molar-refractivity contribution in [2.75, 3.05) is 14.2 Å². The van der Waals surface area contributed by atoms with E-state index in [1.165, 1.54) is 23.8 Å². The normalized spacial score (nSPS) is 11.1. The van der Waals surface area contributed by atoms with E-state index < -0.39 is 0 Å². The molecule has 0 bridgehead atoms. The summed E-state index contributed by atoms with van der Waals surface area (Å²) in [4.78, 5) is 18.2. The molecular formula is C20H15BrFN3O3S2. The Morgan fingerprint density at radius 1 is 1.13 bits per heavy atom. The second-order valence-electron chi connectivity index (χ2n) is 6.17. The van der Waals surface area contributed by atoms with Gasteiger partial charge in [0.15, 0.2) is 9.60 Å². The molecule has 0 unspecified atom stereocenters. The molecule has 0 aliphatic carbocycles. The fourth-order valence-electron chi connectivity index (χ4n) is 3.13. The summed E-state index contributed by atoms with van der Waals surface area (Å²) in [6.45, 7) is 0. The second-order valence-corrected chi connectivity index (χ2v) is 8.38. The van der Waals surface area contributed by atoms with Crippen LogP contribution in [0.5, 0.6) is 11.5 Å². The number of nitrogens with zero attached hydrogens (tertiary/aromatic N) is 3. The Bertz CT molecular complexity index is 1360. The lowest BCUT2D eigenvalue weighted by molar-refractivity contribution is 0.401. The highest BCUT2D eigenvalue weighted by Gasteiger charge is 2.20. The number of methoxy groups -OCH3 is 2. The van der Waals surface area contributed by atoms with Crippen LogP contribution >= 0.6 is 39.5 Å². The maximum Gasteiger partial charge on any atom is 0.277 e. The molecule has 30 heavy (non-hydrogen) atoms. The first-order valence-corrected chi connectivity index (χ1v) is 11.0. The van der Waals surface area contributed by atoms with Gasteiger partial charge in [-0.15, -0.1) is 0 Å². The van der Waals surface area contributed by atoms with Gasteiger partial charge in [-0.2, -0.15) is 0 Å². The minimum absolute atomic E-state index is 0.280. The van der Waals surface area contributed by atoms with Crippen LogP contribution in [-0.4, -0.2) is 28.3 Å². The van der Waals surface area contributed by atoms with Crippen LogP contribution in [0, 0.1) is 9.77 Å². The molecule has 2 aromatic carbocycles. The van der Waals surface area contributed by atoms with E-state index in [1.54, 1.807) is 42.0 Å². The fourth-order valence-corrected chi connectivity index (χ4v) is 4.81. The molecule has 0 atom stereocenters. The van der Waals surface area contributed by atoms with Gasteiger partial charge in [0.25, 0.3) is 5.56 Å². The molecule has 4 aromatic rings. The molecule has 0 saturated carbocycles. The zero-order valence-electron chi connectivity index (χ0n) is 15.9. The molecule has 6 nitrogen and oxygen atoms in total. The predicted octanol–water partition coefficient (Wildman–Crippen LogP) is 5.02. The number of aromatic nitrogens is 3. The van der Waals surface area contributed by atoms with E-state index in [0.717, 1.165) is 11.3 Å². The van der Waals surface area contributed by atoms with E-state index in [2.05, 4.69) is 15.9 Å². The van der Waals surface area contributed by atoms with Crippen molar-refractivity contribution in [2.45, 2.75) is 5.33 Å². The first-order chi connectivity index (χ1) is 14.5. The van der Waals surface area contributed by atoms with Gasteiger partial charge < -0.3 is 9.47 Å². The average molecular weight is 508 g/mol. The smallest absolute Gasteiger partial charge is 0.277 e. The van der Waals surface area contributed by atoms with Gasteiger partial charge >= 0.3 is 0 Å². The molecule has 10 heteroatoms. The molecule has 2 aromatic heterocycles. The molecule has 0 fully saturated rings. The summed E-state index contributed by atoms with van der Waals surface area (Å²) in [6.07, 6.45) is 0. The SMILES string of the molecule is COc1ccc(OC)c(-n2c(CBr)nc3c(sc(=S)n3-c3ccc(F)cc3)c2=O)c1. The lowest BCUT2D eigenvalue weighted by atomic mass is 10.2. The summed E-state index contributed by atoms with van der Waals surface area (Å²) >= 11 is 10.1. The van der Waals surface area contributed by atoms with Crippen molar-refractivity contribution < 1.29 is 13.9 Å². The fraction of sp³-hybridized carbons (Fsp3) is 0.150. The summed E-state index contributed by atoms with van der Waals surface area (Å²) in [5.41, 5.74) is 1.29. The summed E-state index contributed by atoms with van der Waals surface area (Å²) in [5.74, 6) is 1.19. The van der Waals surface area contributed by atoms with E-state index in [9.17, 15) is 9.18 Å². The Kier molecular flexibility index (Phi) is 5.72. The van der Waals surface area contributed by atoms with E-state index in [1.807, 2.05) is 0 Å². The number of rotatable bonds is 5. The topological polar surface area (TPSA) is 58.3 Å². The third-order valence-corrected chi connectivity index (χ3v) is 6.36. The van der Waals surface area contributed by atoms with Crippen LogP contribution in [0.1, 0.15) is 5.82 Å². The summed E-state index contributed by atoms with van der Waals surface area (Å²) in [6, 6.07) is 11.1. The lowest BCUT2D eigenvalue weighted by Crippen LogP contribution is -2.23. The molecule has 0 spiro atoms. The monoisotopic (exact) mass is 507 g/mol. The number of fused-ring (bicyclic) bond motifs is 1. The van der Waals surface area contributed by atoms with E-state index in [4.69, 9.17) is 26.7 Å². The van der Waals surface area contributed by atoms with Gasteiger partial charge in [0.2, 0.25) is 0 Å². The van der Waals surface area contributed by atoms with Crippen LogP contribution in [0.3, 0.4) is 0 Å². The van der Waals surface area contributed by atoms with E-state index in [-0.39, 0.29) is 11.4 Å². The zero-order chi connectivity index (χ0) is 21.4. The molecule has 0 aliphatic rings. The van der Waals surface area contributed by atoms with Gasteiger partial charge in [0, 0.05) is 11.8 Å². The van der Waals surface area contributed by atoms with Crippen LogP contribution in [0.25, 0.3) is 21.7 Å². The van der Waals surface area contributed by atoms with Gasteiger partial charge in [0.1, 0.15) is 27.8 Å². The molecular weight excluding hydrogens is 493 g/mol. The highest BCUT2D eigenvalue weighted by Crippen LogP contribution is 2.30. The highest BCUT2D eigenvalue weighted by molar-refractivity contribution is 9.08. The average Bonchev–Trinajstić information content (AvgIpc) is 3.10. The van der Waals surface area contributed by atoms with Gasteiger partial charge in [-0.3, -0.25) is 13.9 Å². The molecule has 0 N–H and O–H groups in total. The third kappa shape index (κ3) is 3.44. The Balaban J connectivity index is 2.06. The van der Waals surface area contributed by atoms with Crippen molar-refractivity contribution in [1.29, 1.82) is 0 Å². The first kappa shape index (κ1) is 20.7.